The first-order valence-electron chi connectivity index (χ1n) is 9.75. The molecule has 0 atom stereocenters. The molecule has 0 spiro atoms. The van der Waals surface area contributed by atoms with Gasteiger partial charge in [-0.05, 0) is 49.9 Å². The molecule has 1 aliphatic heterocycles. The van der Waals surface area contributed by atoms with Crippen LogP contribution in [0.4, 0.5) is 0 Å². The van der Waals surface area contributed by atoms with Crippen molar-refractivity contribution in [2.75, 3.05) is 6.54 Å². The zero-order valence-corrected chi connectivity index (χ0v) is 16.4. The largest absolute Gasteiger partial charge is 0.340 e. The van der Waals surface area contributed by atoms with Crippen molar-refractivity contribution in [3.05, 3.63) is 65.1 Å². The lowest BCUT2D eigenvalue weighted by atomic mass is 9.97. The molecule has 1 aromatic carbocycles. The summed E-state index contributed by atoms with van der Waals surface area (Å²) >= 11 is 0. The van der Waals surface area contributed by atoms with Gasteiger partial charge in [-0.25, -0.2) is 0 Å². The molecule has 3 nitrogen and oxygen atoms in total. The Morgan fingerprint density at radius 1 is 1.12 bits per heavy atom. The van der Waals surface area contributed by atoms with Crippen molar-refractivity contribution < 1.29 is 0 Å². The number of hydrogen-bond acceptors (Lipinski definition) is 2. The first-order chi connectivity index (χ1) is 12.5. The zero-order valence-electron chi connectivity index (χ0n) is 16.4. The Balaban J connectivity index is 1.88. The standard InChI is InChI=1S/C23H29N3/c1-5-18-9-6-10-19-20-16-25(23(2,3)4)13-11-21(20)26(22(18)19)15-17-8-7-12-24-14-17/h6-10,12,14H,5,11,13,15-16H2,1-4H3. The minimum Gasteiger partial charge on any atom is -0.340 e. The monoisotopic (exact) mass is 347 g/mol. The third kappa shape index (κ3) is 2.95. The van der Waals surface area contributed by atoms with E-state index in [-0.39, 0.29) is 5.54 Å². The van der Waals surface area contributed by atoms with Gasteiger partial charge in [-0.15, -0.1) is 0 Å². The van der Waals surface area contributed by atoms with E-state index in [1.165, 1.54) is 33.3 Å². The molecule has 0 saturated carbocycles. The topological polar surface area (TPSA) is 21.1 Å². The zero-order chi connectivity index (χ0) is 18.3. The number of nitrogens with zero attached hydrogens (tertiary/aromatic N) is 3. The van der Waals surface area contributed by atoms with E-state index in [2.05, 4.69) is 66.4 Å². The Kier molecular flexibility index (Phi) is 4.36. The van der Waals surface area contributed by atoms with Gasteiger partial charge in [0.15, 0.2) is 0 Å². The van der Waals surface area contributed by atoms with Crippen molar-refractivity contribution >= 4 is 10.9 Å². The Labute approximate surface area is 156 Å². The van der Waals surface area contributed by atoms with Crippen LogP contribution in [0, 0.1) is 0 Å². The molecule has 2 aromatic heterocycles. The Bertz CT molecular complexity index is 916. The lowest BCUT2D eigenvalue weighted by Crippen LogP contribution is -2.44. The summed E-state index contributed by atoms with van der Waals surface area (Å²) in [5.41, 5.74) is 7.40. The van der Waals surface area contributed by atoms with Gasteiger partial charge < -0.3 is 4.57 Å². The summed E-state index contributed by atoms with van der Waals surface area (Å²) in [4.78, 5) is 6.94. The van der Waals surface area contributed by atoms with Crippen LogP contribution in [-0.4, -0.2) is 26.5 Å². The number of fused-ring (bicyclic) bond motifs is 3. The van der Waals surface area contributed by atoms with Crippen LogP contribution in [0.2, 0.25) is 0 Å². The van der Waals surface area contributed by atoms with Crippen LogP contribution in [0.15, 0.2) is 42.7 Å². The summed E-state index contributed by atoms with van der Waals surface area (Å²) < 4.78 is 2.57. The summed E-state index contributed by atoms with van der Waals surface area (Å²) in [5.74, 6) is 0. The van der Waals surface area contributed by atoms with Crippen LogP contribution >= 0.6 is 0 Å². The van der Waals surface area contributed by atoms with Crippen molar-refractivity contribution in [3.63, 3.8) is 0 Å². The minimum atomic E-state index is 0.206. The Morgan fingerprint density at radius 2 is 1.96 bits per heavy atom. The third-order valence-electron chi connectivity index (χ3n) is 5.75. The van der Waals surface area contributed by atoms with Crippen LogP contribution in [0.3, 0.4) is 0 Å². The van der Waals surface area contributed by atoms with E-state index in [1.54, 1.807) is 0 Å². The molecule has 0 unspecified atom stereocenters. The van der Waals surface area contributed by atoms with E-state index in [9.17, 15) is 0 Å². The van der Waals surface area contributed by atoms with E-state index in [1.807, 2.05) is 18.5 Å². The maximum Gasteiger partial charge on any atom is 0.0521 e. The van der Waals surface area contributed by atoms with E-state index >= 15 is 0 Å². The van der Waals surface area contributed by atoms with Crippen LogP contribution in [0.25, 0.3) is 10.9 Å². The van der Waals surface area contributed by atoms with Gasteiger partial charge in [0.05, 0.1) is 5.52 Å². The number of aryl methyl sites for hydroxylation is 1. The quantitative estimate of drug-likeness (QED) is 0.678. The van der Waals surface area contributed by atoms with Crippen molar-refractivity contribution in [2.24, 2.45) is 0 Å². The van der Waals surface area contributed by atoms with Gasteiger partial charge in [0, 0.05) is 55.1 Å². The number of aromatic nitrogens is 2. The highest BCUT2D eigenvalue weighted by molar-refractivity contribution is 5.88. The maximum atomic E-state index is 4.32. The van der Waals surface area contributed by atoms with Crippen molar-refractivity contribution in [1.29, 1.82) is 0 Å². The number of para-hydroxylation sites is 1. The molecule has 0 fully saturated rings. The fraction of sp³-hybridized carbons (Fsp3) is 0.435. The Morgan fingerprint density at radius 3 is 2.65 bits per heavy atom. The predicted octanol–water partition coefficient (Wildman–Crippen LogP) is 4.80. The van der Waals surface area contributed by atoms with Gasteiger partial charge in [-0.1, -0.05) is 31.2 Å². The maximum absolute atomic E-state index is 4.32. The fourth-order valence-electron chi connectivity index (χ4n) is 4.29. The van der Waals surface area contributed by atoms with Gasteiger partial charge >= 0.3 is 0 Å². The van der Waals surface area contributed by atoms with E-state index in [4.69, 9.17) is 0 Å². The number of rotatable bonds is 3. The van der Waals surface area contributed by atoms with Gasteiger partial charge in [0.1, 0.15) is 0 Å². The molecule has 0 bridgehead atoms. The molecule has 0 amide bonds. The molecule has 0 aliphatic carbocycles. The molecule has 0 N–H and O–H groups in total. The second kappa shape index (κ2) is 6.55. The highest BCUT2D eigenvalue weighted by Crippen LogP contribution is 2.35. The molecule has 3 aromatic rings. The smallest absolute Gasteiger partial charge is 0.0521 e. The van der Waals surface area contributed by atoms with Crippen molar-refractivity contribution in [1.82, 2.24) is 14.5 Å². The normalized spacial score (nSPS) is 15.4. The second-order valence-corrected chi connectivity index (χ2v) is 8.38. The van der Waals surface area contributed by atoms with Gasteiger partial charge in [-0.2, -0.15) is 0 Å². The van der Waals surface area contributed by atoms with Gasteiger partial charge in [-0.3, -0.25) is 9.88 Å². The first kappa shape index (κ1) is 17.3. The SMILES string of the molecule is CCc1cccc2c3c(n(Cc4cccnc4)c12)CCN(C(C)(C)C)C3. The van der Waals surface area contributed by atoms with E-state index < -0.39 is 0 Å². The van der Waals surface area contributed by atoms with Crippen LogP contribution in [0.5, 0.6) is 0 Å². The van der Waals surface area contributed by atoms with Gasteiger partial charge in [0.2, 0.25) is 0 Å². The fourth-order valence-corrected chi connectivity index (χ4v) is 4.29. The molecule has 136 valence electrons. The molecule has 0 radical (unpaired) electrons. The van der Waals surface area contributed by atoms with Crippen LogP contribution < -0.4 is 0 Å². The van der Waals surface area contributed by atoms with Crippen molar-refractivity contribution in [2.45, 2.75) is 59.2 Å². The highest BCUT2D eigenvalue weighted by atomic mass is 15.2. The average molecular weight is 348 g/mol. The molecule has 1 aliphatic rings. The molecular weight excluding hydrogens is 318 g/mol. The molecule has 3 heteroatoms. The lowest BCUT2D eigenvalue weighted by molar-refractivity contribution is 0.120. The summed E-state index contributed by atoms with van der Waals surface area (Å²) in [7, 11) is 0. The minimum absolute atomic E-state index is 0.206. The van der Waals surface area contributed by atoms with Crippen LogP contribution in [-0.2, 0) is 25.9 Å². The van der Waals surface area contributed by atoms with Crippen molar-refractivity contribution in [3.8, 4) is 0 Å². The van der Waals surface area contributed by atoms with Gasteiger partial charge in [0.25, 0.3) is 0 Å². The molecular formula is C23H29N3. The molecule has 0 saturated heterocycles. The van der Waals surface area contributed by atoms with E-state index in [0.29, 0.717) is 0 Å². The number of benzene rings is 1. The predicted molar refractivity (Wildman–Crippen MR) is 109 cm³/mol. The number of hydrogen-bond donors (Lipinski definition) is 0. The lowest BCUT2D eigenvalue weighted by Gasteiger charge is -2.38. The second-order valence-electron chi connectivity index (χ2n) is 8.38. The molecule has 4 rings (SSSR count). The first-order valence-corrected chi connectivity index (χ1v) is 9.75. The summed E-state index contributed by atoms with van der Waals surface area (Å²) in [6.45, 7) is 12.3. The highest BCUT2D eigenvalue weighted by Gasteiger charge is 2.30. The van der Waals surface area contributed by atoms with E-state index in [0.717, 1.165) is 32.5 Å². The Hall–Kier alpha value is -2.13. The average Bonchev–Trinajstić information content (AvgIpc) is 2.95. The third-order valence-corrected chi connectivity index (χ3v) is 5.75. The summed E-state index contributed by atoms with van der Waals surface area (Å²) in [6.07, 6.45) is 6.03. The van der Waals surface area contributed by atoms with Crippen LogP contribution in [0.1, 0.15) is 50.1 Å². The summed E-state index contributed by atoms with van der Waals surface area (Å²) in [5, 5.41) is 1.44. The molecule has 3 heterocycles. The molecule has 26 heavy (non-hydrogen) atoms. The number of pyridine rings is 1. The summed E-state index contributed by atoms with van der Waals surface area (Å²) in [6, 6.07) is 11.1.